The lowest BCUT2D eigenvalue weighted by Gasteiger charge is -2.00. The normalized spacial score (nSPS) is 10.8. The summed E-state index contributed by atoms with van der Waals surface area (Å²) in [5.41, 5.74) is 1.88. The summed E-state index contributed by atoms with van der Waals surface area (Å²) in [6.07, 6.45) is 2.21. The summed E-state index contributed by atoms with van der Waals surface area (Å²) >= 11 is 0. The summed E-state index contributed by atoms with van der Waals surface area (Å²) in [5, 5.41) is 10.5. The Morgan fingerprint density at radius 2 is 2.17 bits per heavy atom. The molecule has 2 aromatic rings. The number of rotatable bonds is 4. The Bertz CT molecular complexity index is 572. The van der Waals surface area contributed by atoms with Gasteiger partial charge in [0, 0.05) is 24.2 Å². The van der Waals surface area contributed by atoms with Gasteiger partial charge in [-0.2, -0.15) is 0 Å². The average molecular weight is 247 g/mol. The minimum absolute atomic E-state index is 0.222. The molecule has 0 bridgehead atoms. The number of aromatic hydroxyl groups is 1. The Morgan fingerprint density at radius 1 is 1.39 bits per heavy atom. The fourth-order valence-electron chi connectivity index (χ4n) is 2.13. The van der Waals surface area contributed by atoms with E-state index in [1.807, 2.05) is 23.8 Å². The zero-order chi connectivity index (χ0) is 13.1. The molecule has 1 aromatic heterocycles. The van der Waals surface area contributed by atoms with E-state index in [0.717, 1.165) is 23.0 Å². The molecule has 0 saturated heterocycles. The van der Waals surface area contributed by atoms with Gasteiger partial charge in [-0.25, -0.2) is 0 Å². The van der Waals surface area contributed by atoms with Crippen LogP contribution in [0.5, 0.6) is 5.75 Å². The van der Waals surface area contributed by atoms with Crippen molar-refractivity contribution < 1.29 is 14.6 Å². The van der Waals surface area contributed by atoms with E-state index in [9.17, 15) is 9.90 Å². The first-order valence-electron chi connectivity index (χ1n) is 6.12. The van der Waals surface area contributed by atoms with Gasteiger partial charge in [0.25, 0.3) is 0 Å². The van der Waals surface area contributed by atoms with Crippen LogP contribution in [0.15, 0.2) is 24.4 Å². The maximum atomic E-state index is 11.5. The maximum absolute atomic E-state index is 11.5. The topological polar surface area (TPSA) is 51.5 Å². The van der Waals surface area contributed by atoms with Crippen molar-refractivity contribution in [2.24, 2.45) is 0 Å². The largest absolute Gasteiger partial charge is 0.508 e. The fraction of sp³-hybridized carbons (Fsp3) is 0.357. The lowest BCUT2D eigenvalue weighted by molar-refractivity contribution is -0.142. The highest BCUT2D eigenvalue weighted by Crippen LogP contribution is 2.25. The van der Waals surface area contributed by atoms with E-state index in [2.05, 4.69) is 0 Å². The van der Waals surface area contributed by atoms with Gasteiger partial charge in [0.05, 0.1) is 18.5 Å². The third-order valence-corrected chi connectivity index (χ3v) is 2.93. The van der Waals surface area contributed by atoms with Gasteiger partial charge in [0.1, 0.15) is 5.75 Å². The summed E-state index contributed by atoms with van der Waals surface area (Å²) < 4.78 is 6.98. The van der Waals surface area contributed by atoms with Crippen LogP contribution in [0.3, 0.4) is 0 Å². The molecule has 18 heavy (non-hydrogen) atoms. The molecule has 0 radical (unpaired) electrons. The molecule has 0 aliphatic rings. The number of esters is 1. The third kappa shape index (κ3) is 2.32. The minimum atomic E-state index is -0.222. The molecular formula is C14H17NO3. The Labute approximate surface area is 106 Å². The minimum Gasteiger partial charge on any atom is -0.508 e. The molecule has 4 nitrogen and oxygen atoms in total. The van der Waals surface area contributed by atoms with Crippen molar-refractivity contribution in [1.82, 2.24) is 4.57 Å². The van der Waals surface area contributed by atoms with Crippen molar-refractivity contribution in [3.63, 3.8) is 0 Å². The molecule has 0 unspecified atom stereocenters. The van der Waals surface area contributed by atoms with Gasteiger partial charge in [-0.1, -0.05) is 0 Å². The quantitative estimate of drug-likeness (QED) is 0.844. The number of carbonyl (C=O) groups excluding carboxylic acids is 1. The predicted octanol–water partition coefficient (Wildman–Crippen LogP) is 2.47. The third-order valence-electron chi connectivity index (χ3n) is 2.93. The van der Waals surface area contributed by atoms with Gasteiger partial charge in [-0.05, 0) is 31.5 Å². The summed E-state index contributed by atoms with van der Waals surface area (Å²) in [5.74, 6) is 0.0127. The van der Waals surface area contributed by atoms with E-state index in [1.54, 1.807) is 19.1 Å². The van der Waals surface area contributed by atoms with E-state index < -0.39 is 0 Å². The molecule has 96 valence electrons. The standard InChI is InChI=1S/C14H17NO3/c1-3-15-9-10(7-14(17)18-4-2)12-6-5-11(16)8-13(12)15/h5-6,8-9,16H,3-4,7H2,1-2H3. The van der Waals surface area contributed by atoms with Gasteiger partial charge < -0.3 is 14.4 Å². The average Bonchev–Trinajstić information content (AvgIpc) is 2.67. The molecule has 4 heteroatoms. The Hall–Kier alpha value is -1.97. The molecule has 0 fully saturated rings. The molecule has 2 rings (SSSR count). The number of aryl methyl sites for hydroxylation is 1. The van der Waals surface area contributed by atoms with E-state index in [0.29, 0.717) is 6.61 Å². The number of phenolic OH excluding ortho intramolecular Hbond substituents is 1. The lowest BCUT2D eigenvalue weighted by atomic mass is 10.1. The molecule has 0 aliphatic heterocycles. The summed E-state index contributed by atoms with van der Waals surface area (Å²) in [7, 11) is 0. The van der Waals surface area contributed by atoms with Crippen molar-refractivity contribution in [2.75, 3.05) is 6.61 Å². The van der Waals surface area contributed by atoms with Gasteiger partial charge in [0.2, 0.25) is 0 Å². The van der Waals surface area contributed by atoms with Gasteiger partial charge >= 0.3 is 5.97 Å². The number of ether oxygens (including phenoxy) is 1. The number of nitrogens with zero attached hydrogens (tertiary/aromatic N) is 1. The first-order valence-corrected chi connectivity index (χ1v) is 6.12. The van der Waals surface area contributed by atoms with Crippen molar-refractivity contribution in [1.29, 1.82) is 0 Å². The van der Waals surface area contributed by atoms with E-state index in [1.165, 1.54) is 0 Å². The van der Waals surface area contributed by atoms with Crippen LogP contribution < -0.4 is 0 Å². The fourth-order valence-corrected chi connectivity index (χ4v) is 2.13. The second-order valence-corrected chi connectivity index (χ2v) is 4.12. The van der Waals surface area contributed by atoms with Crippen LogP contribution in [0, 0.1) is 0 Å². The number of fused-ring (bicyclic) bond motifs is 1. The smallest absolute Gasteiger partial charge is 0.310 e. The molecule has 1 aromatic carbocycles. The number of hydrogen-bond acceptors (Lipinski definition) is 3. The van der Waals surface area contributed by atoms with Crippen LogP contribution >= 0.6 is 0 Å². The molecule has 0 amide bonds. The molecule has 0 atom stereocenters. The molecular weight excluding hydrogens is 230 g/mol. The zero-order valence-corrected chi connectivity index (χ0v) is 10.6. The van der Waals surface area contributed by atoms with Crippen molar-refractivity contribution >= 4 is 16.9 Å². The van der Waals surface area contributed by atoms with Crippen LogP contribution in [0.1, 0.15) is 19.4 Å². The molecule has 1 N–H and O–H groups in total. The van der Waals surface area contributed by atoms with Crippen LogP contribution in [0.25, 0.3) is 10.9 Å². The highest BCUT2D eigenvalue weighted by Gasteiger charge is 2.12. The number of hydrogen-bond donors (Lipinski definition) is 1. The van der Waals surface area contributed by atoms with Gasteiger partial charge in [-0.15, -0.1) is 0 Å². The van der Waals surface area contributed by atoms with E-state index in [-0.39, 0.29) is 18.1 Å². The van der Waals surface area contributed by atoms with Gasteiger partial charge in [-0.3, -0.25) is 4.79 Å². The van der Waals surface area contributed by atoms with Crippen LogP contribution in [0.2, 0.25) is 0 Å². The van der Waals surface area contributed by atoms with Crippen molar-refractivity contribution in [3.05, 3.63) is 30.0 Å². The predicted molar refractivity (Wildman–Crippen MR) is 69.6 cm³/mol. The summed E-state index contributed by atoms with van der Waals surface area (Å²) in [6.45, 7) is 5.01. The van der Waals surface area contributed by atoms with Gasteiger partial charge in [0.15, 0.2) is 0 Å². The van der Waals surface area contributed by atoms with E-state index in [4.69, 9.17) is 4.74 Å². The van der Waals surface area contributed by atoms with Crippen LogP contribution in [-0.4, -0.2) is 22.2 Å². The van der Waals surface area contributed by atoms with Crippen LogP contribution in [0.4, 0.5) is 0 Å². The number of carbonyl (C=O) groups is 1. The number of aromatic nitrogens is 1. The Kier molecular flexibility index (Phi) is 3.55. The highest BCUT2D eigenvalue weighted by atomic mass is 16.5. The van der Waals surface area contributed by atoms with Crippen molar-refractivity contribution in [2.45, 2.75) is 26.8 Å². The zero-order valence-electron chi connectivity index (χ0n) is 10.6. The summed E-state index contributed by atoms with van der Waals surface area (Å²) in [6, 6.07) is 5.19. The summed E-state index contributed by atoms with van der Waals surface area (Å²) in [4.78, 5) is 11.5. The van der Waals surface area contributed by atoms with Crippen LogP contribution in [-0.2, 0) is 22.5 Å². The first kappa shape index (κ1) is 12.5. The number of phenols is 1. The SMILES string of the molecule is CCOC(=O)Cc1cn(CC)c2cc(O)ccc12. The second-order valence-electron chi connectivity index (χ2n) is 4.12. The number of benzene rings is 1. The van der Waals surface area contributed by atoms with E-state index >= 15 is 0 Å². The lowest BCUT2D eigenvalue weighted by Crippen LogP contribution is -2.07. The maximum Gasteiger partial charge on any atom is 0.310 e. The van der Waals surface area contributed by atoms with Crippen molar-refractivity contribution in [3.8, 4) is 5.75 Å². The Balaban J connectivity index is 2.42. The molecule has 0 spiro atoms. The highest BCUT2D eigenvalue weighted by molar-refractivity contribution is 5.88. The molecule has 1 heterocycles. The monoisotopic (exact) mass is 247 g/mol. The first-order chi connectivity index (χ1) is 8.65. The molecule has 0 aliphatic carbocycles. The molecule has 0 saturated carbocycles. The Morgan fingerprint density at radius 3 is 2.83 bits per heavy atom. The second kappa shape index (κ2) is 5.12.